The topological polar surface area (TPSA) is 56.1 Å². The van der Waals surface area contributed by atoms with Gasteiger partial charge in [0.1, 0.15) is 11.1 Å². The Labute approximate surface area is 150 Å². The number of carbonyl (C=O) groups is 1. The summed E-state index contributed by atoms with van der Waals surface area (Å²) in [6, 6.07) is 13.1. The van der Waals surface area contributed by atoms with Crippen molar-refractivity contribution in [2.75, 3.05) is 12.4 Å². The molecule has 1 amide bonds. The Balaban J connectivity index is 1.56. The molecule has 0 bridgehead atoms. The number of benzene rings is 1. The highest BCUT2D eigenvalue weighted by molar-refractivity contribution is 7.99. The van der Waals surface area contributed by atoms with Crippen LogP contribution in [0.15, 0.2) is 61.1 Å². The first-order valence-electron chi connectivity index (χ1n) is 7.93. The molecule has 1 aliphatic rings. The van der Waals surface area contributed by atoms with E-state index in [0.29, 0.717) is 11.3 Å². The fourth-order valence-electron chi connectivity index (χ4n) is 2.94. The van der Waals surface area contributed by atoms with Crippen LogP contribution in [0.2, 0.25) is 0 Å². The predicted molar refractivity (Wildman–Crippen MR) is 99.1 cm³/mol. The second kappa shape index (κ2) is 6.64. The van der Waals surface area contributed by atoms with E-state index in [-0.39, 0.29) is 11.3 Å². The molecule has 0 spiro atoms. The Morgan fingerprint density at radius 3 is 3.04 bits per heavy atom. The Morgan fingerprint density at radius 1 is 1.32 bits per heavy atom. The van der Waals surface area contributed by atoms with Crippen molar-refractivity contribution in [2.45, 2.75) is 11.1 Å². The second-order valence-corrected chi connectivity index (χ2v) is 6.79. The van der Waals surface area contributed by atoms with Crippen molar-refractivity contribution in [3.05, 3.63) is 77.9 Å². The Hall–Kier alpha value is -2.73. The first-order valence-corrected chi connectivity index (χ1v) is 8.98. The summed E-state index contributed by atoms with van der Waals surface area (Å²) in [6.07, 6.45) is 5.69. The number of fused-ring (bicyclic) bond motifs is 1. The van der Waals surface area contributed by atoms with Crippen LogP contribution in [0.1, 0.15) is 27.0 Å². The summed E-state index contributed by atoms with van der Waals surface area (Å²) < 4.78 is 7.38. The molecule has 0 radical (unpaired) electrons. The minimum Gasteiger partial charge on any atom is -0.497 e. The molecule has 25 heavy (non-hydrogen) atoms. The monoisotopic (exact) mass is 351 g/mol. The number of ether oxygens (including phenoxy) is 1. The normalized spacial score (nSPS) is 15.6. The van der Waals surface area contributed by atoms with E-state index in [1.165, 1.54) is 0 Å². The van der Waals surface area contributed by atoms with Crippen molar-refractivity contribution < 1.29 is 9.53 Å². The summed E-state index contributed by atoms with van der Waals surface area (Å²) in [5.74, 6) is 1.38. The number of pyridine rings is 1. The number of hydrogen-bond acceptors (Lipinski definition) is 4. The third-order valence-corrected chi connectivity index (χ3v) is 5.46. The third kappa shape index (κ3) is 3.00. The zero-order chi connectivity index (χ0) is 17.2. The first-order chi connectivity index (χ1) is 12.3. The third-order valence-electron chi connectivity index (χ3n) is 4.20. The van der Waals surface area contributed by atoms with Gasteiger partial charge in [0.25, 0.3) is 5.91 Å². The molecular weight excluding hydrogens is 334 g/mol. The minimum atomic E-state index is -0.136. The lowest BCUT2D eigenvalue weighted by molar-refractivity contribution is 0.102. The fraction of sp³-hybridized carbons (Fsp3) is 0.158. The van der Waals surface area contributed by atoms with Crippen LogP contribution in [0.3, 0.4) is 0 Å². The van der Waals surface area contributed by atoms with Crippen LogP contribution in [0.5, 0.6) is 5.75 Å². The molecule has 1 unspecified atom stereocenters. The molecule has 2 aromatic heterocycles. The van der Waals surface area contributed by atoms with Gasteiger partial charge in [-0.05, 0) is 30.3 Å². The van der Waals surface area contributed by atoms with Gasteiger partial charge in [-0.25, -0.2) is 0 Å². The van der Waals surface area contributed by atoms with E-state index in [1.807, 2.05) is 48.4 Å². The average molecular weight is 351 g/mol. The van der Waals surface area contributed by atoms with Crippen molar-refractivity contribution in [2.24, 2.45) is 0 Å². The number of hydrogen-bond donors (Lipinski definition) is 1. The van der Waals surface area contributed by atoms with E-state index in [4.69, 9.17) is 4.74 Å². The quantitative estimate of drug-likeness (QED) is 0.774. The number of aromatic nitrogens is 2. The highest BCUT2D eigenvalue weighted by Crippen LogP contribution is 2.43. The van der Waals surface area contributed by atoms with Crippen LogP contribution in [-0.4, -0.2) is 22.6 Å². The summed E-state index contributed by atoms with van der Waals surface area (Å²) in [7, 11) is 1.59. The molecule has 4 rings (SSSR count). The zero-order valence-electron chi connectivity index (χ0n) is 13.7. The molecular formula is C19H17N3O2S. The highest BCUT2D eigenvalue weighted by atomic mass is 32.2. The lowest BCUT2D eigenvalue weighted by Gasteiger charge is -2.12. The summed E-state index contributed by atoms with van der Waals surface area (Å²) in [5.41, 5.74) is 3.71. The molecule has 0 fully saturated rings. The van der Waals surface area contributed by atoms with E-state index in [2.05, 4.69) is 20.9 Å². The SMILES string of the molecule is COc1cccc(C(=O)Nc2ccn3c2CSC3c2cccnc2)c1. The number of methoxy groups -OCH3 is 1. The van der Waals surface area contributed by atoms with E-state index in [1.54, 1.807) is 25.4 Å². The van der Waals surface area contributed by atoms with Crippen LogP contribution in [0, 0.1) is 0 Å². The van der Waals surface area contributed by atoms with Crippen LogP contribution >= 0.6 is 11.8 Å². The Kier molecular flexibility index (Phi) is 4.19. The van der Waals surface area contributed by atoms with Gasteiger partial charge in [0.15, 0.2) is 0 Å². The number of rotatable bonds is 4. The van der Waals surface area contributed by atoms with E-state index in [0.717, 1.165) is 22.7 Å². The number of anilines is 1. The summed E-state index contributed by atoms with van der Waals surface area (Å²) in [4.78, 5) is 16.7. The standard InChI is InChI=1S/C19H17N3O2S/c1-24-15-6-2-4-13(10-15)18(23)21-16-7-9-22-17(16)12-25-19(22)14-5-3-8-20-11-14/h2-11,19H,12H2,1H3,(H,21,23). The van der Waals surface area contributed by atoms with Crippen molar-refractivity contribution in [3.63, 3.8) is 0 Å². The number of amides is 1. The molecule has 1 atom stereocenters. The van der Waals surface area contributed by atoms with Gasteiger partial charge in [-0.3, -0.25) is 9.78 Å². The summed E-state index contributed by atoms with van der Waals surface area (Å²) >= 11 is 1.83. The Morgan fingerprint density at radius 2 is 2.24 bits per heavy atom. The van der Waals surface area contributed by atoms with Crippen LogP contribution in [0.4, 0.5) is 5.69 Å². The maximum absolute atomic E-state index is 12.5. The van der Waals surface area contributed by atoms with Crippen molar-refractivity contribution in [1.82, 2.24) is 9.55 Å². The molecule has 1 aliphatic heterocycles. The lowest BCUT2D eigenvalue weighted by Crippen LogP contribution is -2.12. The number of thioether (sulfide) groups is 1. The fourth-order valence-corrected chi connectivity index (χ4v) is 4.25. The number of carbonyl (C=O) groups excluding carboxylic acids is 1. The molecule has 1 N–H and O–H groups in total. The van der Waals surface area contributed by atoms with Gasteiger partial charge < -0.3 is 14.6 Å². The number of nitrogens with zero attached hydrogens (tertiary/aromatic N) is 2. The van der Waals surface area contributed by atoms with E-state index in [9.17, 15) is 4.79 Å². The molecule has 0 saturated carbocycles. The summed E-state index contributed by atoms with van der Waals surface area (Å²) in [6.45, 7) is 0. The van der Waals surface area contributed by atoms with Crippen molar-refractivity contribution in [1.29, 1.82) is 0 Å². The van der Waals surface area contributed by atoms with Gasteiger partial charge in [0.05, 0.1) is 18.5 Å². The Bertz CT molecular complexity index is 908. The van der Waals surface area contributed by atoms with Crippen molar-refractivity contribution in [3.8, 4) is 5.75 Å². The maximum atomic E-state index is 12.5. The first kappa shape index (κ1) is 15.8. The van der Waals surface area contributed by atoms with Crippen LogP contribution in [-0.2, 0) is 5.75 Å². The molecule has 3 heterocycles. The molecule has 6 heteroatoms. The number of nitrogens with one attached hydrogen (secondary N) is 1. The van der Waals surface area contributed by atoms with Gasteiger partial charge in [-0.1, -0.05) is 12.1 Å². The molecule has 3 aromatic rings. The van der Waals surface area contributed by atoms with Gasteiger partial charge in [0, 0.05) is 35.5 Å². The predicted octanol–water partition coefficient (Wildman–Crippen LogP) is 3.94. The van der Waals surface area contributed by atoms with Gasteiger partial charge >= 0.3 is 0 Å². The second-order valence-electron chi connectivity index (χ2n) is 5.72. The molecule has 1 aromatic carbocycles. The van der Waals surface area contributed by atoms with E-state index < -0.39 is 0 Å². The maximum Gasteiger partial charge on any atom is 0.255 e. The zero-order valence-corrected chi connectivity index (χ0v) is 14.5. The lowest BCUT2D eigenvalue weighted by atomic mass is 10.2. The summed E-state index contributed by atoms with van der Waals surface area (Å²) in [5, 5.41) is 3.22. The molecule has 0 saturated heterocycles. The molecule has 0 aliphatic carbocycles. The highest BCUT2D eigenvalue weighted by Gasteiger charge is 2.27. The average Bonchev–Trinajstić information content (AvgIpc) is 3.25. The van der Waals surface area contributed by atoms with E-state index >= 15 is 0 Å². The molecule has 5 nitrogen and oxygen atoms in total. The van der Waals surface area contributed by atoms with Gasteiger partial charge in [-0.15, -0.1) is 11.8 Å². The molecule has 126 valence electrons. The minimum absolute atomic E-state index is 0.136. The largest absolute Gasteiger partial charge is 0.497 e. The van der Waals surface area contributed by atoms with Gasteiger partial charge in [0.2, 0.25) is 0 Å². The van der Waals surface area contributed by atoms with Crippen molar-refractivity contribution >= 4 is 23.4 Å². The van der Waals surface area contributed by atoms with Gasteiger partial charge in [-0.2, -0.15) is 0 Å². The van der Waals surface area contributed by atoms with Crippen LogP contribution in [0.25, 0.3) is 0 Å². The smallest absolute Gasteiger partial charge is 0.255 e. The van der Waals surface area contributed by atoms with Crippen LogP contribution < -0.4 is 10.1 Å².